The van der Waals surface area contributed by atoms with Gasteiger partial charge in [0.2, 0.25) is 0 Å². The fraction of sp³-hybridized carbons (Fsp3) is 0.722. The first-order valence-electron chi connectivity index (χ1n) is 8.64. The maximum Gasteiger partial charge on any atom is 0.309 e. The minimum Gasteiger partial charge on any atom is -0.465 e. The molecule has 0 radical (unpaired) electrons. The molecule has 0 unspecified atom stereocenters. The zero-order valence-corrected chi connectivity index (χ0v) is 14.5. The smallest absolute Gasteiger partial charge is 0.309 e. The van der Waals surface area contributed by atoms with Crippen LogP contribution in [0.2, 0.25) is 0 Å². The number of hydrogen-bond donors (Lipinski definition) is 0. The summed E-state index contributed by atoms with van der Waals surface area (Å²) in [6.07, 6.45) is 6.69. The highest BCUT2D eigenvalue weighted by molar-refractivity contribution is 7.10. The molecule has 0 spiro atoms. The van der Waals surface area contributed by atoms with Gasteiger partial charge in [0, 0.05) is 22.9 Å². The number of rotatable bonds is 6. The predicted octanol–water partition coefficient (Wildman–Crippen LogP) is 4.05. The number of ether oxygens (including phenoxy) is 1. The van der Waals surface area contributed by atoms with Crippen molar-refractivity contribution in [1.82, 2.24) is 4.90 Å². The lowest BCUT2D eigenvalue weighted by atomic mass is 9.79. The summed E-state index contributed by atoms with van der Waals surface area (Å²) in [4.78, 5) is 16.5. The molecule has 0 N–H and O–H groups in total. The molecular formula is C18H27NO2S. The second-order valence-corrected chi connectivity index (χ2v) is 7.70. The zero-order valence-electron chi connectivity index (χ0n) is 13.7. The number of thiophene rings is 1. The number of carbonyl (C=O) groups excluding carboxylic acids is 1. The molecule has 2 bridgehead atoms. The molecule has 3 nitrogen and oxygen atoms in total. The molecule has 2 aliphatic heterocycles. The Labute approximate surface area is 137 Å². The predicted molar refractivity (Wildman–Crippen MR) is 90.2 cm³/mol. The van der Waals surface area contributed by atoms with Gasteiger partial charge in [0.25, 0.3) is 0 Å². The Morgan fingerprint density at radius 1 is 1.41 bits per heavy atom. The Morgan fingerprint density at radius 3 is 3.00 bits per heavy atom. The van der Waals surface area contributed by atoms with Crippen LogP contribution in [0.5, 0.6) is 0 Å². The van der Waals surface area contributed by atoms with Crippen LogP contribution in [0.1, 0.15) is 56.2 Å². The first kappa shape index (κ1) is 16.0. The van der Waals surface area contributed by atoms with Crippen molar-refractivity contribution in [1.29, 1.82) is 0 Å². The fourth-order valence-electron chi connectivity index (χ4n) is 4.21. The van der Waals surface area contributed by atoms with Gasteiger partial charge >= 0.3 is 5.97 Å². The molecule has 4 heteroatoms. The van der Waals surface area contributed by atoms with E-state index in [1.54, 1.807) is 11.3 Å². The number of piperidine rings is 1. The summed E-state index contributed by atoms with van der Waals surface area (Å²) in [5.74, 6) is 0.413. The van der Waals surface area contributed by atoms with Crippen molar-refractivity contribution in [2.45, 2.75) is 63.5 Å². The average molecular weight is 321 g/mol. The molecule has 3 heterocycles. The normalized spacial score (nSPS) is 31.4. The summed E-state index contributed by atoms with van der Waals surface area (Å²) in [5.41, 5.74) is 0. The molecule has 2 aliphatic rings. The van der Waals surface area contributed by atoms with Crippen molar-refractivity contribution < 1.29 is 9.53 Å². The van der Waals surface area contributed by atoms with Gasteiger partial charge in [0.1, 0.15) is 0 Å². The molecule has 0 saturated carbocycles. The third-order valence-corrected chi connectivity index (χ3v) is 6.41. The van der Waals surface area contributed by atoms with Crippen molar-refractivity contribution in [3.63, 3.8) is 0 Å². The summed E-state index contributed by atoms with van der Waals surface area (Å²) < 4.78 is 5.62. The van der Waals surface area contributed by atoms with Crippen LogP contribution < -0.4 is 0 Å². The molecule has 4 atom stereocenters. The highest BCUT2D eigenvalue weighted by Gasteiger charge is 2.49. The summed E-state index contributed by atoms with van der Waals surface area (Å²) in [5, 5.41) is 2.13. The van der Waals surface area contributed by atoms with Crippen molar-refractivity contribution in [2.75, 3.05) is 13.7 Å². The highest BCUT2D eigenvalue weighted by atomic mass is 32.1. The van der Waals surface area contributed by atoms with Crippen molar-refractivity contribution in [2.24, 2.45) is 5.92 Å². The Balaban J connectivity index is 1.72. The highest BCUT2D eigenvalue weighted by Crippen LogP contribution is 2.48. The first-order valence-corrected chi connectivity index (χ1v) is 9.52. The summed E-state index contributed by atoms with van der Waals surface area (Å²) in [7, 11) is 2.23. The molecule has 0 amide bonds. The van der Waals surface area contributed by atoms with E-state index in [4.69, 9.17) is 4.74 Å². The van der Waals surface area contributed by atoms with E-state index in [9.17, 15) is 4.79 Å². The topological polar surface area (TPSA) is 29.5 Å². The van der Waals surface area contributed by atoms with Crippen LogP contribution in [-0.2, 0) is 9.53 Å². The summed E-state index contributed by atoms with van der Waals surface area (Å²) in [6.45, 7) is 2.76. The molecule has 122 valence electrons. The molecule has 0 aromatic carbocycles. The van der Waals surface area contributed by atoms with E-state index < -0.39 is 0 Å². The van der Waals surface area contributed by atoms with Crippen LogP contribution in [0.15, 0.2) is 17.5 Å². The van der Waals surface area contributed by atoms with Gasteiger partial charge in [0.15, 0.2) is 0 Å². The van der Waals surface area contributed by atoms with Gasteiger partial charge in [-0.3, -0.25) is 9.69 Å². The van der Waals surface area contributed by atoms with Crippen LogP contribution in [0, 0.1) is 5.92 Å². The van der Waals surface area contributed by atoms with Gasteiger partial charge in [-0.2, -0.15) is 0 Å². The number of carbonyl (C=O) groups is 1. The molecule has 0 aliphatic carbocycles. The minimum absolute atomic E-state index is 0.0412. The lowest BCUT2D eigenvalue weighted by Gasteiger charge is -2.41. The van der Waals surface area contributed by atoms with Crippen molar-refractivity contribution in [3.8, 4) is 0 Å². The fourth-order valence-corrected chi connectivity index (χ4v) is 5.16. The van der Waals surface area contributed by atoms with E-state index in [-0.39, 0.29) is 11.9 Å². The number of likely N-dealkylation sites (N-methyl/N-ethyl adjacent to an activating group) is 1. The van der Waals surface area contributed by atoms with Crippen LogP contribution in [0.4, 0.5) is 0 Å². The molecule has 3 rings (SSSR count). The van der Waals surface area contributed by atoms with Gasteiger partial charge in [0.05, 0.1) is 12.5 Å². The number of esters is 1. The third-order valence-electron chi connectivity index (χ3n) is 5.44. The average Bonchev–Trinajstić information content (AvgIpc) is 3.11. The molecule has 1 aromatic rings. The van der Waals surface area contributed by atoms with Crippen molar-refractivity contribution >= 4 is 17.3 Å². The zero-order chi connectivity index (χ0) is 15.5. The molecule has 1 aromatic heterocycles. The van der Waals surface area contributed by atoms with E-state index in [0.29, 0.717) is 24.6 Å². The van der Waals surface area contributed by atoms with E-state index in [2.05, 4.69) is 36.4 Å². The molecule has 2 saturated heterocycles. The lowest BCUT2D eigenvalue weighted by molar-refractivity contribution is -0.152. The Morgan fingerprint density at radius 2 is 2.27 bits per heavy atom. The SMILES string of the molecule is CCCCCOC(=O)[C@H]1C[C@H]2CC[C@H]([C@H]1c1cccs1)N2C. The second-order valence-electron chi connectivity index (χ2n) is 6.72. The molecule has 22 heavy (non-hydrogen) atoms. The number of fused-ring (bicyclic) bond motifs is 2. The van der Waals surface area contributed by atoms with Crippen LogP contribution in [0.25, 0.3) is 0 Å². The molecule has 2 fully saturated rings. The van der Waals surface area contributed by atoms with Crippen LogP contribution in [0.3, 0.4) is 0 Å². The van der Waals surface area contributed by atoms with Gasteiger partial charge in [-0.05, 0) is 44.2 Å². The minimum atomic E-state index is 0.0412. The summed E-state index contributed by atoms with van der Waals surface area (Å²) in [6, 6.07) is 5.36. The van der Waals surface area contributed by atoms with Gasteiger partial charge in [-0.1, -0.05) is 25.8 Å². The largest absolute Gasteiger partial charge is 0.465 e. The quantitative estimate of drug-likeness (QED) is 0.585. The molecular weight excluding hydrogens is 294 g/mol. The number of unbranched alkanes of at least 4 members (excludes halogenated alkanes) is 2. The second kappa shape index (κ2) is 7.14. The standard InChI is InChI=1S/C18H27NO2S/c1-3-4-5-10-21-18(20)14-12-13-8-9-15(19(13)2)17(14)16-7-6-11-22-16/h6-7,11,13-15,17H,3-5,8-10,12H2,1-2H3/t13-,14+,15-,17+/m1/s1. The maximum atomic E-state index is 12.7. The van der Waals surface area contributed by atoms with E-state index in [1.165, 1.54) is 17.7 Å². The van der Waals surface area contributed by atoms with E-state index in [1.807, 2.05) is 0 Å². The first-order chi connectivity index (χ1) is 10.7. The van der Waals surface area contributed by atoms with Gasteiger partial charge < -0.3 is 4.74 Å². The lowest BCUT2D eigenvalue weighted by Crippen LogP contribution is -2.47. The van der Waals surface area contributed by atoms with Crippen LogP contribution in [-0.4, -0.2) is 36.6 Å². The Kier molecular flexibility index (Phi) is 5.19. The van der Waals surface area contributed by atoms with Crippen molar-refractivity contribution in [3.05, 3.63) is 22.4 Å². The summed E-state index contributed by atoms with van der Waals surface area (Å²) >= 11 is 1.79. The number of hydrogen-bond acceptors (Lipinski definition) is 4. The Hall–Kier alpha value is -0.870. The third kappa shape index (κ3) is 3.09. The number of nitrogens with zero attached hydrogens (tertiary/aromatic N) is 1. The monoisotopic (exact) mass is 321 g/mol. The maximum absolute atomic E-state index is 12.7. The van der Waals surface area contributed by atoms with E-state index in [0.717, 1.165) is 25.7 Å². The van der Waals surface area contributed by atoms with Crippen LogP contribution >= 0.6 is 11.3 Å². The van der Waals surface area contributed by atoms with Gasteiger partial charge in [-0.15, -0.1) is 11.3 Å². The van der Waals surface area contributed by atoms with E-state index >= 15 is 0 Å². The Bertz CT molecular complexity index is 487. The van der Waals surface area contributed by atoms with Gasteiger partial charge in [-0.25, -0.2) is 0 Å².